The molecule has 0 bridgehead atoms. The summed E-state index contributed by atoms with van der Waals surface area (Å²) < 4.78 is 44.1. The number of aromatic nitrogens is 4. The van der Waals surface area contributed by atoms with E-state index in [1.165, 1.54) is 22.1 Å². The molecular weight excluding hydrogens is 658 g/mol. The largest absolute Gasteiger partial charge is 0.472 e. The van der Waals surface area contributed by atoms with Gasteiger partial charge in [0, 0.05) is 30.4 Å². The molecule has 246 valence electrons. The van der Waals surface area contributed by atoms with Crippen molar-refractivity contribution in [3.8, 4) is 5.88 Å². The molecule has 2 aliphatic rings. The zero-order valence-corrected chi connectivity index (χ0v) is 29.1. The van der Waals surface area contributed by atoms with Crippen LogP contribution in [0.3, 0.4) is 0 Å². The number of ether oxygens (including phenoxy) is 2. The van der Waals surface area contributed by atoms with Crippen LogP contribution in [0, 0.1) is 6.92 Å². The third-order valence-electron chi connectivity index (χ3n) is 9.21. The van der Waals surface area contributed by atoms with Gasteiger partial charge in [-0.3, -0.25) is 4.79 Å². The SMILES string of the molecule is CCOC(=O)C[C@H](c1cc(CN2C[C@@H](CC)Oc3ncc(Cl)cc3S2(=O)=O)c2sccc2c1)c1cc(C2CC2)c2c(nnn2C)c1C. The second-order valence-corrected chi connectivity index (χ2v) is 15.6. The number of thiophene rings is 1. The lowest BCUT2D eigenvalue weighted by atomic mass is 9.83. The molecule has 3 aromatic heterocycles. The predicted octanol–water partition coefficient (Wildman–Crippen LogP) is 6.86. The number of rotatable bonds is 9. The molecule has 0 N–H and O–H groups in total. The standard InChI is InChI=1S/C34H36ClN5O5S2/c1-5-25-18-40(47(42,43)29-13-24(35)16-36-34(29)45-25)17-23-12-22(11-21-9-10-46-33(21)23)27(15-30(41)44-6-2)26-14-28(20-7-8-20)32-31(19(26)3)37-38-39(32)4/h9-14,16,20,25,27H,5-8,15,17-18H2,1-4H3/t25-,27-/m1/s1. The molecule has 10 nitrogen and oxygen atoms in total. The third kappa shape index (κ3) is 5.90. The van der Waals surface area contributed by atoms with Gasteiger partial charge in [-0.25, -0.2) is 18.1 Å². The van der Waals surface area contributed by atoms with E-state index in [0.717, 1.165) is 56.2 Å². The van der Waals surface area contributed by atoms with Gasteiger partial charge >= 0.3 is 5.97 Å². The molecule has 2 aromatic carbocycles. The molecule has 47 heavy (non-hydrogen) atoms. The third-order valence-corrected chi connectivity index (χ3v) is 12.2. The second kappa shape index (κ2) is 12.5. The zero-order chi connectivity index (χ0) is 33.0. The van der Waals surface area contributed by atoms with Crippen LogP contribution < -0.4 is 4.74 Å². The summed E-state index contributed by atoms with van der Waals surface area (Å²) in [6.07, 6.45) is 3.94. The second-order valence-electron chi connectivity index (χ2n) is 12.3. The Morgan fingerprint density at radius 1 is 1.21 bits per heavy atom. The quantitative estimate of drug-likeness (QED) is 0.154. The van der Waals surface area contributed by atoms with Crippen LogP contribution in [0.2, 0.25) is 5.02 Å². The minimum Gasteiger partial charge on any atom is -0.472 e. The van der Waals surface area contributed by atoms with E-state index in [1.54, 1.807) is 18.3 Å². The molecule has 0 radical (unpaired) electrons. The Balaban J connectivity index is 1.37. The highest BCUT2D eigenvalue weighted by Crippen LogP contribution is 2.46. The topological polar surface area (TPSA) is 117 Å². The molecule has 2 atom stereocenters. The first-order valence-electron chi connectivity index (χ1n) is 15.9. The zero-order valence-electron chi connectivity index (χ0n) is 26.7. The molecule has 7 rings (SSSR count). The lowest BCUT2D eigenvalue weighted by Gasteiger charge is -2.25. The van der Waals surface area contributed by atoms with Gasteiger partial charge in [-0.1, -0.05) is 35.9 Å². The maximum atomic E-state index is 14.1. The maximum Gasteiger partial charge on any atom is 0.306 e. The number of carbonyl (C=O) groups excluding carboxylic acids is 1. The average molecular weight is 694 g/mol. The number of esters is 1. The molecular formula is C34H36ClN5O5S2. The lowest BCUT2D eigenvalue weighted by molar-refractivity contribution is -0.143. The highest BCUT2D eigenvalue weighted by molar-refractivity contribution is 7.89. The fourth-order valence-electron chi connectivity index (χ4n) is 6.67. The Morgan fingerprint density at radius 3 is 2.77 bits per heavy atom. The summed E-state index contributed by atoms with van der Waals surface area (Å²) in [6, 6.07) is 9.84. The molecule has 4 heterocycles. The number of aryl methyl sites for hydroxylation is 2. The molecule has 1 aliphatic heterocycles. The van der Waals surface area contributed by atoms with Crippen LogP contribution in [0.1, 0.15) is 79.2 Å². The van der Waals surface area contributed by atoms with Crippen molar-refractivity contribution in [3.63, 3.8) is 0 Å². The molecule has 13 heteroatoms. The van der Waals surface area contributed by atoms with Crippen molar-refractivity contribution in [2.75, 3.05) is 13.2 Å². The Kier molecular flexibility index (Phi) is 8.48. The molecule has 0 unspecified atom stereocenters. The van der Waals surface area contributed by atoms with Crippen molar-refractivity contribution >= 4 is 60.0 Å². The number of hydrogen-bond donors (Lipinski definition) is 0. The van der Waals surface area contributed by atoms with Crippen LogP contribution in [0.25, 0.3) is 21.1 Å². The van der Waals surface area contributed by atoms with Crippen LogP contribution in [-0.4, -0.2) is 57.9 Å². The summed E-state index contributed by atoms with van der Waals surface area (Å²) in [5.41, 5.74) is 6.80. The van der Waals surface area contributed by atoms with Gasteiger partial charge in [0.05, 0.1) is 30.1 Å². The van der Waals surface area contributed by atoms with Crippen molar-refractivity contribution in [1.82, 2.24) is 24.3 Å². The van der Waals surface area contributed by atoms with Gasteiger partial charge in [0.25, 0.3) is 0 Å². The molecule has 0 saturated heterocycles. The highest BCUT2D eigenvalue weighted by Gasteiger charge is 2.37. The monoisotopic (exact) mass is 693 g/mol. The van der Waals surface area contributed by atoms with E-state index < -0.39 is 10.0 Å². The van der Waals surface area contributed by atoms with Crippen LogP contribution in [0.4, 0.5) is 0 Å². The fourth-order valence-corrected chi connectivity index (χ4v) is 9.33. The van der Waals surface area contributed by atoms with E-state index in [9.17, 15) is 13.2 Å². The van der Waals surface area contributed by atoms with Crippen molar-refractivity contribution in [1.29, 1.82) is 0 Å². The number of halogens is 1. The van der Waals surface area contributed by atoms with Crippen molar-refractivity contribution in [2.24, 2.45) is 7.05 Å². The summed E-state index contributed by atoms with van der Waals surface area (Å²) in [6.45, 7) is 6.35. The molecule has 1 aliphatic carbocycles. The van der Waals surface area contributed by atoms with E-state index in [1.807, 2.05) is 37.0 Å². The van der Waals surface area contributed by atoms with E-state index in [-0.39, 0.29) is 59.9 Å². The minimum absolute atomic E-state index is 0.0415. The Bertz CT molecular complexity index is 2120. The maximum absolute atomic E-state index is 14.1. The number of carbonyl (C=O) groups is 1. The smallest absolute Gasteiger partial charge is 0.306 e. The molecule has 5 aromatic rings. The first kappa shape index (κ1) is 32.0. The van der Waals surface area contributed by atoms with Gasteiger partial charge < -0.3 is 9.47 Å². The highest BCUT2D eigenvalue weighted by atomic mass is 35.5. The van der Waals surface area contributed by atoms with Gasteiger partial charge in [-0.15, -0.1) is 16.4 Å². The first-order chi connectivity index (χ1) is 22.6. The summed E-state index contributed by atoms with van der Waals surface area (Å²) >= 11 is 7.78. The molecule has 0 amide bonds. The predicted molar refractivity (Wildman–Crippen MR) is 182 cm³/mol. The van der Waals surface area contributed by atoms with Crippen molar-refractivity contribution < 1.29 is 22.7 Å². The number of nitrogens with zero attached hydrogens (tertiary/aromatic N) is 5. The molecule has 0 spiro atoms. The Morgan fingerprint density at radius 2 is 2.02 bits per heavy atom. The van der Waals surface area contributed by atoms with Crippen LogP contribution in [-0.2, 0) is 33.1 Å². The normalized spacial score (nSPS) is 18.5. The van der Waals surface area contributed by atoms with Crippen LogP contribution in [0.5, 0.6) is 5.88 Å². The summed E-state index contributed by atoms with van der Waals surface area (Å²) in [5, 5.41) is 12.1. The molecule has 1 fully saturated rings. The van der Waals surface area contributed by atoms with E-state index in [4.69, 9.17) is 21.1 Å². The number of benzene rings is 2. The van der Waals surface area contributed by atoms with Gasteiger partial charge in [-0.2, -0.15) is 4.31 Å². The summed E-state index contributed by atoms with van der Waals surface area (Å²) in [5.74, 6) is -0.151. The van der Waals surface area contributed by atoms with Gasteiger partial charge in [0.15, 0.2) is 0 Å². The van der Waals surface area contributed by atoms with Gasteiger partial charge in [-0.05, 0) is 95.8 Å². The Hall–Kier alpha value is -3.58. The number of fused-ring (bicyclic) bond motifs is 3. The lowest BCUT2D eigenvalue weighted by Crippen LogP contribution is -2.36. The van der Waals surface area contributed by atoms with Gasteiger partial charge in [0.1, 0.15) is 16.5 Å². The van der Waals surface area contributed by atoms with E-state index in [2.05, 4.69) is 33.5 Å². The Labute approximate surface area is 282 Å². The number of sulfonamides is 1. The summed E-state index contributed by atoms with van der Waals surface area (Å²) in [4.78, 5) is 17.4. The van der Waals surface area contributed by atoms with Crippen molar-refractivity contribution in [2.45, 2.75) is 75.8 Å². The van der Waals surface area contributed by atoms with Gasteiger partial charge in [0.2, 0.25) is 15.9 Å². The van der Waals surface area contributed by atoms with Crippen LogP contribution >= 0.6 is 22.9 Å². The number of hydrogen-bond acceptors (Lipinski definition) is 9. The van der Waals surface area contributed by atoms with Crippen LogP contribution in [0.15, 0.2) is 46.8 Å². The van der Waals surface area contributed by atoms with E-state index in [0.29, 0.717) is 12.3 Å². The fraction of sp³-hybridized carbons (Fsp3) is 0.412. The average Bonchev–Trinajstić information content (AvgIpc) is 3.67. The summed E-state index contributed by atoms with van der Waals surface area (Å²) in [7, 11) is -2.09. The minimum atomic E-state index is -4.01. The first-order valence-corrected chi connectivity index (χ1v) is 18.6. The molecule has 1 saturated carbocycles. The van der Waals surface area contributed by atoms with E-state index >= 15 is 0 Å². The number of pyridine rings is 1. The van der Waals surface area contributed by atoms with Crippen molar-refractivity contribution in [3.05, 3.63) is 74.7 Å².